The van der Waals surface area contributed by atoms with Crippen molar-refractivity contribution in [1.29, 1.82) is 0 Å². The Morgan fingerprint density at radius 2 is 1.69 bits per heavy atom. The van der Waals surface area contributed by atoms with Crippen LogP contribution in [0.3, 0.4) is 0 Å². The Morgan fingerprint density at radius 3 is 2.27 bits per heavy atom. The number of hydrogen-bond donors (Lipinski definition) is 2. The summed E-state index contributed by atoms with van der Waals surface area (Å²) in [7, 11) is 3.83. The fourth-order valence-corrected chi connectivity index (χ4v) is 2.63. The van der Waals surface area contributed by atoms with Crippen molar-refractivity contribution >= 4 is 40.7 Å². The third kappa shape index (κ3) is 6.51. The topological polar surface area (TPSA) is 53.1 Å². The van der Waals surface area contributed by atoms with E-state index in [1.54, 1.807) is 0 Å². The van der Waals surface area contributed by atoms with Crippen LogP contribution in [-0.4, -0.2) is 42.1 Å². The summed E-state index contributed by atoms with van der Waals surface area (Å²) in [6, 6.07) is 5.42. The summed E-state index contributed by atoms with van der Waals surface area (Å²) in [5, 5.41) is 6.31. The van der Waals surface area contributed by atoms with Crippen LogP contribution in [0.5, 0.6) is 0 Å². The number of benzene rings is 1. The summed E-state index contributed by atoms with van der Waals surface area (Å²) < 4.78 is 39.3. The van der Waals surface area contributed by atoms with E-state index in [-0.39, 0.29) is 11.8 Å². The van der Waals surface area contributed by atoms with Gasteiger partial charge in [-0.25, -0.2) is 4.98 Å². The van der Waals surface area contributed by atoms with E-state index >= 15 is 0 Å². The Bertz CT molecular complexity index is 733. The first kappa shape index (κ1) is 20.5. The van der Waals surface area contributed by atoms with E-state index in [0.29, 0.717) is 22.3 Å². The second-order valence-electron chi connectivity index (χ2n) is 5.83. The maximum Gasteiger partial charge on any atom is 0.433 e. The minimum Gasteiger partial charge on any atom is -0.354 e. The molecule has 0 saturated heterocycles. The first-order valence-corrected chi connectivity index (χ1v) is 8.47. The lowest BCUT2D eigenvalue weighted by molar-refractivity contribution is -0.141. The Morgan fingerprint density at radius 1 is 1.04 bits per heavy atom. The molecule has 0 spiro atoms. The number of hydrogen-bond acceptors (Lipinski definition) is 5. The Kier molecular flexibility index (Phi) is 6.91. The highest BCUT2D eigenvalue weighted by Gasteiger charge is 2.33. The molecular formula is C16H18Cl2F3N5. The van der Waals surface area contributed by atoms with E-state index in [4.69, 9.17) is 23.2 Å². The molecule has 10 heteroatoms. The van der Waals surface area contributed by atoms with Gasteiger partial charge in [0.25, 0.3) is 0 Å². The Balaban J connectivity index is 2.22. The lowest BCUT2D eigenvalue weighted by atomic mass is 10.3. The molecule has 0 saturated carbocycles. The lowest BCUT2D eigenvalue weighted by Crippen LogP contribution is -2.18. The summed E-state index contributed by atoms with van der Waals surface area (Å²) >= 11 is 11.8. The third-order valence-electron chi connectivity index (χ3n) is 3.22. The van der Waals surface area contributed by atoms with Gasteiger partial charge >= 0.3 is 6.18 Å². The maximum absolute atomic E-state index is 13.1. The van der Waals surface area contributed by atoms with Crippen LogP contribution >= 0.6 is 23.2 Å². The van der Waals surface area contributed by atoms with Crippen molar-refractivity contribution in [2.24, 2.45) is 0 Å². The smallest absolute Gasteiger partial charge is 0.354 e. The molecule has 0 fully saturated rings. The summed E-state index contributed by atoms with van der Waals surface area (Å²) in [5.74, 6) is -0.116. The third-order valence-corrected chi connectivity index (χ3v) is 3.65. The molecule has 0 aliphatic carbocycles. The van der Waals surface area contributed by atoms with Gasteiger partial charge in [0, 0.05) is 28.3 Å². The van der Waals surface area contributed by atoms with Crippen LogP contribution < -0.4 is 10.6 Å². The SMILES string of the molecule is CN(C)CCCNc1nc(Nc2cc(Cl)cc(Cl)c2)cc(C(F)(F)F)n1. The molecule has 26 heavy (non-hydrogen) atoms. The van der Waals surface area contributed by atoms with Crippen molar-refractivity contribution in [3.8, 4) is 0 Å². The van der Waals surface area contributed by atoms with E-state index in [2.05, 4.69) is 20.6 Å². The molecule has 0 aliphatic heterocycles. The number of anilines is 3. The van der Waals surface area contributed by atoms with E-state index in [1.165, 1.54) is 18.2 Å². The van der Waals surface area contributed by atoms with Gasteiger partial charge in [0.1, 0.15) is 5.82 Å². The molecule has 2 rings (SSSR count). The van der Waals surface area contributed by atoms with Crippen LogP contribution in [0.2, 0.25) is 10.0 Å². The fourth-order valence-electron chi connectivity index (χ4n) is 2.10. The van der Waals surface area contributed by atoms with Crippen LogP contribution in [0.15, 0.2) is 24.3 Å². The van der Waals surface area contributed by atoms with Crippen LogP contribution in [-0.2, 0) is 6.18 Å². The summed E-state index contributed by atoms with van der Waals surface area (Å²) in [5.41, 5.74) is -0.619. The van der Waals surface area contributed by atoms with Gasteiger partial charge in [-0.1, -0.05) is 23.2 Å². The molecule has 1 heterocycles. The minimum absolute atomic E-state index is 0.0132. The molecule has 0 aliphatic rings. The minimum atomic E-state index is -4.59. The highest BCUT2D eigenvalue weighted by Crippen LogP contribution is 2.31. The Hall–Kier alpha value is -1.77. The number of aromatic nitrogens is 2. The molecule has 2 aromatic rings. The summed E-state index contributed by atoms with van der Waals surface area (Å²) in [6.45, 7) is 1.24. The van der Waals surface area contributed by atoms with Crippen LogP contribution in [0.4, 0.5) is 30.6 Å². The number of halogens is 5. The molecule has 0 unspecified atom stereocenters. The van der Waals surface area contributed by atoms with Crippen LogP contribution in [0, 0.1) is 0 Å². The predicted molar refractivity (Wildman–Crippen MR) is 98.4 cm³/mol. The van der Waals surface area contributed by atoms with Gasteiger partial charge in [-0.2, -0.15) is 18.2 Å². The van der Waals surface area contributed by atoms with E-state index in [0.717, 1.165) is 19.0 Å². The highest BCUT2D eigenvalue weighted by molar-refractivity contribution is 6.35. The lowest BCUT2D eigenvalue weighted by Gasteiger charge is -2.14. The molecule has 2 N–H and O–H groups in total. The van der Waals surface area contributed by atoms with Crippen molar-refractivity contribution in [3.63, 3.8) is 0 Å². The van der Waals surface area contributed by atoms with Gasteiger partial charge in [-0.15, -0.1) is 0 Å². The first-order chi connectivity index (χ1) is 12.1. The molecule has 0 amide bonds. The van der Waals surface area contributed by atoms with Gasteiger partial charge in [0.05, 0.1) is 0 Å². The van der Waals surface area contributed by atoms with E-state index in [1.807, 2.05) is 19.0 Å². The number of nitrogens with one attached hydrogen (secondary N) is 2. The van der Waals surface area contributed by atoms with Gasteiger partial charge in [0.2, 0.25) is 5.95 Å². The second-order valence-corrected chi connectivity index (χ2v) is 6.70. The normalized spacial score (nSPS) is 11.7. The largest absolute Gasteiger partial charge is 0.433 e. The Labute approximate surface area is 159 Å². The molecule has 5 nitrogen and oxygen atoms in total. The molecule has 1 aromatic carbocycles. The van der Waals surface area contributed by atoms with Gasteiger partial charge in [0.15, 0.2) is 5.69 Å². The molecule has 0 bridgehead atoms. The van der Waals surface area contributed by atoms with Crippen molar-refractivity contribution in [3.05, 3.63) is 40.0 Å². The van der Waals surface area contributed by atoms with Crippen LogP contribution in [0.1, 0.15) is 12.1 Å². The molecule has 1 aromatic heterocycles. The number of nitrogens with zero attached hydrogens (tertiary/aromatic N) is 3. The molecule has 0 atom stereocenters. The standard InChI is InChI=1S/C16H18Cl2F3N5/c1-26(2)5-3-4-22-15-24-13(16(19,20)21)9-14(25-15)23-12-7-10(17)6-11(18)8-12/h6-9H,3-5H2,1-2H3,(H2,22,23,24,25). The number of rotatable bonds is 7. The summed E-state index contributed by atoms with van der Waals surface area (Å²) in [6.07, 6.45) is -3.86. The fraction of sp³-hybridized carbons (Fsp3) is 0.375. The van der Waals surface area contributed by atoms with Gasteiger partial charge < -0.3 is 15.5 Å². The van der Waals surface area contributed by atoms with E-state index in [9.17, 15) is 13.2 Å². The van der Waals surface area contributed by atoms with Crippen LogP contribution in [0.25, 0.3) is 0 Å². The second kappa shape index (κ2) is 8.75. The van der Waals surface area contributed by atoms with Crippen molar-refractivity contribution in [2.45, 2.75) is 12.6 Å². The summed E-state index contributed by atoms with van der Waals surface area (Å²) in [4.78, 5) is 9.61. The zero-order valence-corrected chi connectivity index (χ0v) is 15.7. The monoisotopic (exact) mass is 407 g/mol. The first-order valence-electron chi connectivity index (χ1n) is 7.71. The molecule has 0 radical (unpaired) electrons. The van der Waals surface area contributed by atoms with Gasteiger partial charge in [-0.05, 0) is 45.3 Å². The van der Waals surface area contributed by atoms with E-state index < -0.39 is 11.9 Å². The van der Waals surface area contributed by atoms with Crippen molar-refractivity contribution in [2.75, 3.05) is 37.8 Å². The maximum atomic E-state index is 13.1. The average Bonchev–Trinajstić information content (AvgIpc) is 2.49. The number of alkyl halides is 3. The zero-order valence-electron chi connectivity index (χ0n) is 14.2. The predicted octanol–water partition coefficient (Wildman–Crippen LogP) is 4.91. The van der Waals surface area contributed by atoms with Crippen molar-refractivity contribution in [1.82, 2.24) is 14.9 Å². The molecule has 142 valence electrons. The average molecular weight is 408 g/mol. The van der Waals surface area contributed by atoms with Crippen molar-refractivity contribution < 1.29 is 13.2 Å². The van der Waals surface area contributed by atoms with Gasteiger partial charge in [-0.3, -0.25) is 0 Å². The zero-order chi connectivity index (χ0) is 19.3. The quantitative estimate of drug-likeness (QED) is 0.638. The molecular weight excluding hydrogens is 390 g/mol. The highest BCUT2D eigenvalue weighted by atomic mass is 35.5.